The van der Waals surface area contributed by atoms with E-state index >= 15 is 0 Å². The topological polar surface area (TPSA) is 20.2 Å². The molecule has 1 N–H and O–H groups in total. The highest BCUT2D eigenvalue weighted by atomic mass is 16.3. The lowest BCUT2D eigenvalue weighted by Crippen LogP contribution is -2.49. The standard InChI is InChI=1S/C12H22O/c1-9-6-7-12(13,10(2)8-9)11-4-3-5-11/h9-11,13H,3-8H2,1-2H3. The third-order valence-electron chi connectivity index (χ3n) is 4.46. The van der Waals surface area contributed by atoms with Crippen LogP contribution in [0.15, 0.2) is 0 Å². The van der Waals surface area contributed by atoms with Crippen LogP contribution in [0.3, 0.4) is 0 Å². The van der Waals surface area contributed by atoms with Crippen LogP contribution in [-0.4, -0.2) is 10.7 Å². The molecule has 0 radical (unpaired) electrons. The van der Waals surface area contributed by atoms with Crippen molar-refractivity contribution in [2.24, 2.45) is 17.8 Å². The molecule has 0 heterocycles. The molecular weight excluding hydrogens is 160 g/mol. The first-order valence-corrected chi connectivity index (χ1v) is 5.85. The first-order chi connectivity index (χ1) is 6.13. The van der Waals surface area contributed by atoms with Crippen LogP contribution in [0.25, 0.3) is 0 Å². The highest BCUT2D eigenvalue weighted by molar-refractivity contribution is 4.97. The molecule has 2 rings (SSSR count). The van der Waals surface area contributed by atoms with Crippen LogP contribution in [0.2, 0.25) is 0 Å². The van der Waals surface area contributed by atoms with Crippen molar-refractivity contribution in [3.63, 3.8) is 0 Å². The van der Waals surface area contributed by atoms with E-state index in [1.54, 1.807) is 0 Å². The van der Waals surface area contributed by atoms with Crippen LogP contribution in [0.4, 0.5) is 0 Å². The Morgan fingerprint density at radius 3 is 2.31 bits per heavy atom. The van der Waals surface area contributed by atoms with Gasteiger partial charge in [0, 0.05) is 0 Å². The number of rotatable bonds is 1. The predicted molar refractivity (Wildman–Crippen MR) is 54.5 cm³/mol. The zero-order valence-electron chi connectivity index (χ0n) is 8.92. The summed E-state index contributed by atoms with van der Waals surface area (Å²) < 4.78 is 0. The SMILES string of the molecule is CC1CCC(O)(C2CCC2)C(C)C1. The summed E-state index contributed by atoms with van der Waals surface area (Å²) in [5.74, 6) is 1.99. The van der Waals surface area contributed by atoms with Gasteiger partial charge in [0.25, 0.3) is 0 Å². The molecule has 0 aliphatic heterocycles. The van der Waals surface area contributed by atoms with Gasteiger partial charge in [0.05, 0.1) is 5.60 Å². The minimum Gasteiger partial charge on any atom is -0.389 e. The van der Waals surface area contributed by atoms with Gasteiger partial charge in [0.2, 0.25) is 0 Å². The van der Waals surface area contributed by atoms with Crippen LogP contribution in [0.5, 0.6) is 0 Å². The monoisotopic (exact) mass is 182 g/mol. The Balaban J connectivity index is 2.03. The largest absolute Gasteiger partial charge is 0.389 e. The van der Waals surface area contributed by atoms with E-state index in [4.69, 9.17) is 0 Å². The van der Waals surface area contributed by atoms with E-state index < -0.39 is 0 Å². The third kappa shape index (κ3) is 1.52. The zero-order valence-corrected chi connectivity index (χ0v) is 8.92. The molecule has 0 amide bonds. The quantitative estimate of drug-likeness (QED) is 0.661. The van der Waals surface area contributed by atoms with E-state index in [9.17, 15) is 5.11 Å². The third-order valence-corrected chi connectivity index (χ3v) is 4.46. The molecule has 2 aliphatic rings. The minimum absolute atomic E-state index is 0.287. The average Bonchev–Trinajstić information content (AvgIpc) is 1.95. The van der Waals surface area contributed by atoms with Gasteiger partial charge in [-0.05, 0) is 49.9 Å². The van der Waals surface area contributed by atoms with Crippen molar-refractivity contribution < 1.29 is 5.11 Å². The first-order valence-electron chi connectivity index (χ1n) is 5.85. The molecule has 3 atom stereocenters. The van der Waals surface area contributed by atoms with E-state index in [0.29, 0.717) is 11.8 Å². The lowest BCUT2D eigenvalue weighted by Gasteiger charge is -2.49. The maximum atomic E-state index is 10.6. The molecule has 0 aromatic heterocycles. The van der Waals surface area contributed by atoms with Gasteiger partial charge >= 0.3 is 0 Å². The van der Waals surface area contributed by atoms with Crippen molar-refractivity contribution in [3.05, 3.63) is 0 Å². The first kappa shape index (κ1) is 9.51. The molecule has 1 nitrogen and oxygen atoms in total. The second-order valence-electron chi connectivity index (χ2n) is 5.40. The Morgan fingerprint density at radius 1 is 1.15 bits per heavy atom. The van der Waals surface area contributed by atoms with Crippen molar-refractivity contribution in [1.29, 1.82) is 0 Å². The van der Waals surface area contributed by atoms with Gasteiger partial charge in [0.15, 0.2) is 0 Å². The van der Waals surface area contributed by atoms with Crippen LogP contribution in [-0.2, 0) is 0 Å². The lowest BCUT2D eigenvalue weighted by molar-refractivity contribution is -0.120. The van der Waals surface area contributed by atoms with Crippen molar-refractivity contribution >= 4 is 0 Å². The summed E-state index contributed by atoms with van der Waals surface area (Å²) in [6, 6.07) is 0. The summed E-state index contributed by atoms with van der Waals surface area (Å²) in [6.45, 7) is 4.56. The predicted octanol–water partition coefficient (Wildman–Crippen LogP) is 2.97. The Bertz CT molecular complexity index is 186. The molecule has 2 saturated carbocycles. The number of aliphatic hydroxyl groups is 1. The van der Waals surface area contributed by atoms with Crippen molar-refractivity contribution in [2.75, 3.05) is 0 Å². The number of hydrogen-bond donors (Lipinski definition) is 1. The van der Waals surface area contributed by atoms with E-state index in [-0.39, 0.29) is 5.60 Å². The zero-order chi connectivity index (χ0) is 9.47. The van der Waals surface area contributed by atoms with E-state index in [2.05, 4.69) is 13.8 Å². The average molecular weight is 182 g/mol. The lowest BCUT2D eigenvalue weighted by atomic mass is 9.61. The summed E-state index contributed by atoms with van der Waals surface area (Å²) in [5.41, 5.74) is -0.287. The smallest absolute Gasteiger partial charge is 0.0701 e. The fourth-order valence-electron chi connectivity index (χ4n) is 3.16. The molecule has 0 bridgehead atoms. The Morgan fingerprint density at radius 2 is 1.85 bits per heavy atom. The molecule has 0 spiro atoms. The van der Waals surface area contributed by atoms with Crippen LogP contribution < -0.4 is 0 Å². The summed E-state index contributed by atoms with van der Waals surface area (Å²) in [4.78, 5) is 0. The van der Waals surface area contributed by atoms with Gasteiger partial charge in [-0.25, -0.2) is 0 Å². The highest BCUT2D eigenvalue weighted by Crippen LogP contribution is 2.48. The molecule has 1 heteroatoms. The second-order valence-corrected chi connectivity index (χ2v) is 5.40. The van der Waals surface area contributed by atoms with Crippen LogP contribution >= 0.6 is 0 Å². The molecule has 13 heavy (non-hydrogen) atoms. The molecule has 0 aromatic rings. The van der Waals surface area contributed by atoms with E-state index in [1.165, 1.54) is 32.1 Å². The van der Waals surface area contributed by atoms with Gasteiger partial charge in [-0.3, -0.25) is 0 Å². The van der Waals surface area contributed by atoms with E-state index in [0.717, 1.165) is 12.3 Å². The Kier molecular flexibility index (Phi) is 2.39. The summed E-state index contributed by atoms with van der Waals surface area (Å²) in [6.07, 6.45) is 7.41. The highest BCUT2D eigenvalue weighted by Gasteiger charge is 2.46. The fourth-order valence-corrected chi connectivity index (χ4v) is 3.16. The van der Waals surface area contributed by atoms with Gasteiger partial charge in [-0.1, -0.05) is 20.3 Å². The van der Waals surface area contributed by atoms with Crippen molar-refractivity contribution in [2.45, 2.75) is 58.0 Å². The molecular formula is C12H22O. The molecule has 2 aliphatic carbocycles. The summed E-state index contributed by atoms with van der Waals surface area (Å²) in [7, 11) is 0. The van der Waals surface area contributed by atoms with Gasteiger partial charge in [-0.15, -0.1) is 0 Å². The maximum absolute atomic E-state index is 10.6. The molecule has 0 saturated heterocycles. The Labute approximate surface area is 81.5 Å². The second kappa shape index (κ2) is 3.27. The van der Waals surface area contributed by atoms with Crippen molar-refractivity contribution in [3.8, 4) is 0 Å². The van der Waals surface area contributed by atoms with Gasteiger partial charge in [-0.2, -0.15) is 0 Å². The molecule has 3 unspecified atom stereocenters. The fraction of sp³-hybridized carbons (Fsp3) is 1.00. The maximum Gasteiger partial charge on any atom is 0.0701 e. The van der Waals surface area contributed by atoms with E-state index in [1.807, 2.05) is 0 Å². The van der Waals surface area contributed by atoms with Crippen LogP contribution in [0.1, 0.15) is 52.4 Å². The van der Waals surface area contributed by atoms with Gasteiger partial charge < -0.3 is 5.11 Å². The summed E-state index contributed by atoms with van der Waals surface area (Å²) in [5, 5.41) is 10.6. The summed E-state index contributed by atoms with van der Waals surface area (Å²) >= 11 is 0. The van der Waals surface area contributed by atoms with Crippen molar-refractivity contribution in [1.82, 2.24) is 0 Å². The molecule has 2 fully saturated rings. The molecule has 76 valence electrons. The Hall–Kier alpha value is -0.0400. The molecule has 0 aromatic carbocycles. The van der Waals surface area contributed by atoms with Gasteiger partial charge in [0.1, 0.15) is 0 Å². The minimum atomic E-state index is -0.287. The van der Waals surface area contributed by atoms with Crippen LogP contribution in [0, 0.1) is 17.8 Å². The number of hydrogen-bond acceptors (Lipinski definition) is 1. The normalized spacial score (nSPS) is 47.3.